The third kappa shape index (κ3) is 1.32. The van der Waals surface area contributed by atoms with Gasteiger partial charge in [-0.2, -0.15) is 0 Å². The van der Waals surface area contributed by atoms with Crippen molar-refractivity contribution in [2.24, 2.45) is 7.05 Å². The zero-order valence-electron chi connectivity index (χ0n) is 9.60. The zero-order chi connectivity index (χ0) is 12.0. The van der Waals surface area contributed by atoms with E-state index in [-0.39, 0.29) is 5.76 Å². The van der Waals surface area contributed by atoms with Crippen molar-refractivity contribution < 1.29 is 8.98 Å². The summed E-state index contributed by atoms with van der Waals surface area (Å²) in [5, 5.41) is 0. The number of aromatic nitrogens is 3. The highest BCUT2D eigenvalue weighted by Crippen LogP contribution is 2.18. The number of benzene rings is 1. The molecule has 86 valence electrons. The maximum Gasteiger partial charge on any atom is 0.489 e. The van der Waals surface area contributed by atoms with Gasteiger partial charge in [0.25, 0.3) is 0 Å². The number of nitrogens with zero attached hydrogens (tertiary/aromatic N) is 2. The summed E-state index contributed by atoms with van der Waals surface area (Å²) in [6, 6.07) is 5.62. The molecule has 2 aromatic heterocycles. The first-order valence-electron chi connectivity index (χ1n) is 5.33. The fraction of sp³-hybridized carbons (Fsp3) is 0.167. The van der Waals surface area contributed by atoms with Crippen molar-refractivity contribution in [1.82, 2.24) is 9.55 Å². The lowest BCUT2D eigenvalue weighted by atomic mass is 10.2. The number of rotatable bonds is 1. The van der Waals surface area contributed by atoms with E-state index in [9.17, 15) is 4.79 Å². The van der Waals surface area contributed by atoms with Gasteiger partial charge >= 0.3 is 11.7 Å². The second kappa shape index (κ2) is 3.35. The van der Waals surface area contributed by atoms with Crippen LogP contribution in [-0.2, 0) is 7.05 Å². The Morgan fingerprint density at radius 1 is 1.41 bits per heavy atom. The molecule has 0 atom stereocenters. The molecule has 1 N–H and O–H groups in total. The van der Waals surface area contributed by atoms with Crippen molar-refractivity contribution in [3.8, 4) is 5.95 Å². The van der Waals surface area contributed by atoms with Crippen LogP contribution in [0.25, 0.3) is 17.0 Å². The molecule has 0 amide bonds. The minimum absolute atomic E-state index is 0.382. The van der Waals surface area contributed by atoms with Crippen LogP contribution >= 0.6 is 0 Å². The predicted octanol–water partition coefficient (Wildman–Crippen LogP) is 1.04. The van der Waals surface area contributed by atoms with Gasteiger partial charge in [0.1, 0.15) is 0 Å². The van der Waals surface area contributed by atoms with Gasteiger partial charge in [-0.25, -0.2) is 14.3 Å². The van der Waals surface area contributed by atoms with Gasteiger partial charge in [-0.1, -0.05) is 12.1 Å². The molecule has 0 saturated heterocycles. The molecule has 0 aliphatic rings. The number of hydrogen-bond donors (Lipinski definition) is 1. The summed E-state index contributed by atoms with van der Waals surface area (Å²) < 4.78 is 8.62. The number of imidazole rings is 1. The Kier molecular flexibility index (Phi) is 1.95. The maximum atomic E-state index is 11.9. The van der Waals surface area contributed by atoms with Crippen LogP contribution in [0.4, 0.5) is 0 Å². The topological polar surface area (TPSA) is 54.8 Å². The smallest absolute Gasteiger partial charge is 0.394 e. The molecule has 3 aromatic rings. The predicted molar refractivity (Wildman–Crippen MR) is 62.1 cm³/mol. The molecule has 2 heterocycles. The summed E-state index contributed by atoms with van der Waals surface area (Å²) in [6.07, 6.45) is 3.62. The Morgan fingerprint density at radius 2 is 2.24 bits per heavy atom. The zero-order valence-corrected chi connectivity index (χ0v) is 9.60. The van der Waals surface area contributed by atoms with E-state index in [2.05, 4.69) is 4.98 Å². The van der Waals surface area contributed by atoms with Gasteiger partial charge in [-0.05, 0) is 18.6 Å². The Bertz CT molecular complexity index is 749. The monoisotopic (exact) mass is 230 g/mol. The molecule has 1 aromatic carbocycles. The van der Waals surface area contributed by atoms with E-state index in [4.69, 9.17) is 4.42 Å². The van der Waals surface area contributed by atoms with E-state index in [0.717, 1.165) is 11.1 Å². The van der Waals surface area contributed by atoms with Crippen LogP contribution in [0, 0.1) is 6.92 Å². The van der Waals surface area contributed by atoms with Gasteiger partial charge in [0.05, 0.1) is 19.4 Å². The molecule has 0 aliphatic carbocycles. The Morgan fingerprint density at radius 3 is 2.94 bits per heavy atom. The molecule has 0 fully saturated rings. The standard InChI is InChI=1S/C12H11N3O2/c1-8-4-3-5-9-10(8)15(12(16)17-9)11-13-6-7-14(11)2/h3-7H,1-2H3/p+1. The van der Waals surface area contributed by atoms with Crippen LogP contribution in [0.3, 0.4) is 0 Å². The number of aromatic amines is 1. The second-order valence-corrected chi connectivity index (χ2v) is 4.02. The molecule has 17 heavy (non-hydrogen) atoms. The Labute approximate surface area is 96.9 Å². The van der Waals surface area contributed by atoms with Crippen LogP contribution in [0.2, 0.25) is 0 Å². The molecule has 5 heteroatoms. The van der Waals surface area contributed by atoms with Crippen LogP contribution in [0.15, 0.2) is 39.8 Å². The highest BCUT2D eigenvalue weighted by molar-refractivity contribution is 5.77. The lowest BCUT2D eigenvalue weighted by molar-refractivity contribution is -0.664. The van der Waals surface area contributed by atoms with Gasteiger partial charge in [0.2, 0.25) is 0 Å². The van der Waals surface area contributed by atoms with Gasteiger partial charge in [-0.3, -0.25) is 0 Å². The first-order valence-corrected chi connectivity index (χ1v) is 5.33. The van der Waals surface area contributed by atoms with Crippen LogP contribution in [0.5, 0.6) is 0 Å². The summed E-state index contributed by atoms with van der Waals surface area (Å²) in [7, 11) is 1.87. The van der Waals surface area contributed by atoms with E-state index in [1.165, 1.54) is 0 Å². The fourth-order valence-electron chi connectivity index (χ4n) is 2.04. The van der Waals surface area contributed by atoms with E-state index >= 15 is 0 Å². The summed E-state index contributed by atoms with van der Waals surface area (Å²) in [5.74, 6) is 0.301. The second-order valence-electron chi connectivity index (χ2n) is 4.02. The van der Waals surface area contributed by atoms with Crippen LogP contribution in [-0.4, -0.2) is 9.55 Å². The summed E-state index contributed by atoms with van der Waals surface area (Å²) in [6.45, 7) is 1.96. The van der Waals surface area contributed by atoms with Crippen molar-refractivity contribution >= 4 is 11.1 Å². The largest absolute Gasteiger partial charge is 0.489 e. The third-order valence-corrected chi connectivity index (χ3v) is 2.86. The first-order chi connectivity index (χ1) is 8.18. The average molecular weight is 230 g/mol. The van der Waals surface area contributed by atoms with E-state index in [1.807, 2.05) is 36.9 Å². The molecule has 0 aliphatic heterocycles. The van der Waals surface area contributed by atoms with Crippen LogP contribution < -0.4 is 10.3 Å². The number of oxazole rings is 1. The van der Waals surface area contributed by atoms with Crippen molar-refractivity contribution in [1.29, 1.82) is 0 Å². The van der Waals surface area contributed by atoms with E-state index in [1.54, 1.807) is 16.8 Å². The molecular weight excluding hydrogens is 218 g/mol. The minimum Gasteiger partial charge on any atom is -0.394 e. The highest BCUT2D eigenvalue weighted by atomic mass is 16.4. The van der Waals surface area contributed by atoms with Crippen LogP contribution in [0.1, 0.15) is 5.56 Å². The van der Waals surface area contributed by atoms with Gasteiger partial charge in [0, 0.05) is 0 Å². The molecule has 0 radical (unpaired) electrons. The maximum absolute atomic E-state index is 11.9. The summed E-state index contributed by atoms with van der Waals surface area (Å²) in [5.41, 5.74) is 2.41. The quantitative estimate of drug-likeness (QED) is 0.635. The fourth-order valence-corrected chi connectivity index (χ4v) is 2.04. The summed E-state index contributed by atoms with van der Waals surface area (Å²) in [4.78, 5) is 14.9. The SMILES string of the molecule is Cc1cccc2oc(=O)n(-c3[nH]cc[n+]3C)c12. The third-order valence-electron chi connectivity index (χ3n) is 2.86. The first kappa shape index (κ1) is 9.89. The lowest BCUT2D eigenvalue weighted by Gasteiger charge is -1.96. The molecular formula is C12H12N3O2+. The number of hydrogen-bond acceptors (Lipinski definition) is 2. The normalized spacial score (nSPS) is 11.2. The Balaban J connectivity index is 2.48. The highest BCUT2D eigenvalue weighted by Gasteiger charge is 2.21. The van der Waals surface area contributed by atoms with E-state index < -0.39 is 0 Å². The Hall–Kier alpha value is -2.30. The number of nitrogens with one attached hydrogen (secondary N) is 1. The van der Waals surface area contributed by atoms with Gasteiger partial charge in [0.15, 0.2) is 11.1 Å². The van der Waals surface area contributed by atoms with Gasteiger partial charge < -0.3 is 4.42 Å². The van der Waals surface area contributed by atoms with Crippen molar-refractivity contribution in [2.45, 2.75) is 6.92 Å². The molecule has 0 saturated carbocycles. The molecule has 5 nitrogen and oxygen atoms in total. The van der Waals surface area contributed by atoms with Crippen molar-refractivity contribution in [3.05, 3.63) is 46.7 Å². The van der Waals surface area contributed by atoms with Crippen molar-refractivity contribution in [3.63, 3.8) is 0 Å². The lowest BCUT2D eigenvalue weighted by Crippen LogP contribution is -2.34. The van der Waals surface area contributed by atoms with E-state index in [0.29, 0.717) is 11.5 Å². The minimum atomic E-state index is -0.382. The number of para-hydroxylation sites is 1. The summed E-state index contributed by atoms with van der Waals surface area (Å²) >= 11 is 0. The average Bonchev–Trinajstić information content (AvgIpc) is 2.82. The molecule has 3 rings (SSSR count). The van der Waals surface area contributed by atoms with Crippen molar-refractivity contribution in [2.75, 3.05) is 0 Å². The number of fused-ring (bicyclic) bond motifs is 1. The number of H-pyrrole nitrogens is 1. The molecule has 0 unspecified atom stereocenters. The number of aryl methyl sites for hydroxylation is 2. The molecule has 0 bridgehead atoms. The molecule has 0 spiro atoms. The van der Waals surface area contributed by atoms with Gasteiger partial charge in [-0.15, -0.1) is 4.57 Å².